The van der Waals surface area contributed by atoms with Gasteiger partial charge in [-0.25, -0.2) is 0 Å². The Morgan fingerprint density at radius 3 is 2.45 bits per heavy atom. The molecule has 0 N–H and O–H groups in total. The van der Waals surface area contributed by atoms with Gasteiger partial charge in [-0.3, -0.25) is 0 Å². The monoisotopic (exact) mass is 167 g/mol. The quantitative estimate of drug-likeness (QED) is 0.438. The van der Waals surface area contributed by atoms with Crippen molar-refractivity contribution in [1.82, 2.24) is 9.97 Å². The van der Waals surface area contributed by atoms with Gasteiger partial charge in [-0.2, -0.15) is 15.2 Å². The zero-order chi connectivity index (χ0) is 8.27. The van der Waals surface area contributed by atoms with Crippen LogP contribution in [0.25, 0.3) is 0 Å². The van der Waals surface area contributed by atoms with Crippen LogP contribution in [-0.2, 0) is 11.2 Å². The van der Waals surface area contributed by atoms with Crippen LogP contribution < -0.4 is 0 Å². The molecule has 1 aromatic rings. The summed E-state index contributed by atoms with van der Waals surface area (Å²) < 4.78 is 10.7. The third kappa shape index (κ3) is 1.90. The summed E-state index contributed by atoms with van der Waals surface area (Å²) in [7, 11) is 0. The van der Waals surface area contributed by atoms with Gasteiger partial charge in [0.25, 0.3) is 0 Å². The molecule has 1 unspecified atom stereocenters. The first-order valence-corrected chi connectivity index (χ1v) is 4.35. The first kappa shape index (κ1) is 7.98. The molecule has 0 aliphatic rings. The number of aromatic nitrogens is 2. The van der Waals surface area contributed by atoms with Crippen molar-refractivity contribution in [2.45, 2.75) is 5.16 Å². The van der Waals surface area contributed by atoms with Gasteiger partial charge in [-0.1, -0.05) is 0 Å². The maximum Gasteiger partial charge on any atom is 0.342 e. The molecule has 4 nitrogen and oxygen atoms in total. The topological polar surface area (TPSA) is 72.6 Å². The standard InChI is InChI=1S/C6H5N3OS/c1-11(10)6-8-3-5(2-7)4-9-6/h3-4H,1H3. The van der Waals surface area contributed by atoms with Gasteiger partial charge in [0, 0.05) is 11.2 Å². The number of nitrogens with zero attached hydrogens (tertiary/aromatic N) is 3. The highest BCUT2D eigenvalue weighted by Gasteiger charge is 2.06. The highest BCUT2D eigenvalue weighted by atomic mass is 32.2. The molecule has 0 aliphatic heterocycles. The fourth-order valence-corrected chi connectivity index (χ4v) is 0.925. The largest absolute Gasteiger partial charge is 0.609 e. The first-order valence-electron chi connectivity index (χ1n) is 2.79. The van der Waals surface area contributed by atoms with Crippen LogP contribution in [0.2, 0.25) is 0 Å². The Hall–Kier alpha value is -1.12. The third-order valence-electron chi connectivity index (χ3n) is 1.01. The predicted molar refractivity (Wildman–Crippen MR) is 39.1 cm³/mol. The lowest BCUT2D eigenvalue weighted by molar-refractivity contribution is 0.592. The van der Waals surface area contributed by atoms with Gasteiger partial charge in [0.2, 0.25) is 0 Å². The maximum absolute atomic E-state index is 10.7. The maximum atomic E-state index is 10.7. The highest BCUT2D eigenvalue weighted by Crippen LogP contribution is 2.00. The predicted octanol–water partition coefficient (Wildman–Crippen LogP) is 0.0857. The fourth-order valence-electron chi connectivity index (χ4n) is 0.522. The Kier molecular flexibility index (Phi) is 2.41. The van der Waals surface area contributed by atoms with E-state index in [9.17, 15) is 4.55 Å². The van der Waals surface area contributed by atoms with E-state index < -0.39 is 11.2 Å². The van der Waals surface area contributed by atoms with Crippen LogP contribution in [0.3, 0.4) is 0 Å². The Bertz CT molecular complexity index is 277. The summed E-state index contributed by atoms with van der Waals surface area (Å²) in [5.41, 5.74) is 0.374. The van der Waals surface area contributed by atoms with Crippen molar-refractivity contribution in [2.24, 2.45) is 0 Å². The van der Waals surface area contributed by atoms with Crippen molar-refractivity contribution in [3.63, 3.8) is 0 Å². The van der Waals surface area contributed by atoms with Crippen molar-refractivity contribution >= 4 is 11.2 Å². The molecule has 11 heavy (non-hydrogen) atoms. The molecular formula is C6H5N3OS. The van der Waals surface area contributed by atoms with Gasteiger partial charge in [0.15, 0.2) is 0 Å². The minimum atomic E-state index is -1.17. The van der Waals surface area contributed by atoms with E-state index in [1.54, 1.807) is 0 Å². The summed E-state index contributed by atoms with van der Waals surface area (Å²) in [4.78, 5) is 7.43. The molecular weight excluding hydrogens is 162 g/mol. The molecule has 1 atom stereocenters. The molecule has 5 heteroatoms. The van der Waals surface area contributed by atoms with E-state index in [-0.39, 0.29) is 5.16 Å². The van der Waals surface area contributed by atoms with Crippen LogP contribution in [0.15, 0.2) is 17.6 Å². The lowest BCUT2D eigenvalue weighted by Gasteiger charge is -1.98. The molecule has 0 aliphatic carbocycles. The lowest BCUT2D eigenvalue weighted by Crippen LogP contribution is -2.03. The normalized spacial score (nSPS) is 12.1. The van der Waals surface area contributed by atoms with Crippen LogP contribution in [0.4, 0.5) is 0 Å². The van der Waals surface area contributed by atoms with Gasteiger partial charge in [0.1, 0.15) is 12.3 Å². The van der Waals surface area contributed by atoms with E-state index in [4.69, 9.17) is 5.26 Å². The van der Waals surface area contributed by atoms with Crippen LogP contribution in [0.5, 0.6) is 0 Å². The second-order valence-corrected chi connectivity index (χ2v) is 3.09. The zero-order valence-corrected chi connectivity index (χ0v) is 6.63. The number of hydrogen-bond donors (Lipinski definition) is 0. The van der Waals surface area contributed by atoms with Crippen LogP contribution in [0.1, 0.15) is 5.56 Å². The average molecular weight is 167 g/mol. The highest BCUT2D eigenvalue weighted by molar-refractivity contribution is 7.90. The van der Waals surface area contributed by atoms with E-state index in [2.05, 4.69) is 9.97 Å². The lowest BCUT2D eigenvalue weighted by atomic mass is 10.4. The minimum Gasteiger partial charge on any atom is -0.609 e. The van der Waals surface area contributed by atoms with Gasteiger partial charge in [-0.05, 0) is 0 Å². The number of rotatable bonds is 1. The van der Waals surface area contributed by atoms with Crippen LogP contribution >= 0.6 is 0 Å². The van der Waals surface area contributed by atoms with E-state index in [1.807, 2.05) is 6.07 Å². The van der Waals surface area contributed by atoms with Crippen molar-refractivity contribution in [3.8, 4) is 6.07 Å². The van der Waals surface area contributed by atoms with Crippen LogP contribution in [-0.4, -0.2) is 20.8 Å². The van der Waals surface area contributed by atoms with Crippen molar-refractivity contribution in [3.05, 3.63) is 18.0 Å². The molecule has 0 spiro atoms. The molecule has 56 valence electrons. The SMILES string of the molecule is C[S+]([O-])c1ncc(C#N)cn1. The Balaban J connectivity index is 2.94. The Labute approximate surface area is 67.1 Å². The number of hydrogen-bond acceptors (Lipinski definition) is 4. The summed E-state index contributed by atoms with van der Waals surface area (Å²) in [5, 5.41) is 8.61. The second-order valence-electron chi connectivity index (χ2n) is 1.82. The van der Waals surface area contributed by atoms with Gasteiger partial charge in [-0.15, -0.1) is 0 Å². The fraction of sp³-hybridized carbons (Fsp3) is 0.167. The molecule has 1 rings (SSSR count). The van der Waals surface area contributed by atoms with E-state index in [0.717, 1.165) is 0 Å². The van der Waals surface area contributed by atoms with E-state index >= 15 is 0 Å². The molecule has 1 heterocycles. The van der Waals surface area contributed by atoms with Crippen molar-refractivity contribution in [2.75, 3.05) is 6.26 Å². The number of nitriles is 1. The van der Waals surface area contributed by atoms with Gasteiger partial charge < -0.3 is 4.55 Å². The van der Waals surface area contributed by atoms with E-state index in [0.29, 0.717) is 5.56 Å². The summed E-state index contributed by atoms with van der Waals surface area (Å²) >= 11 is -1.17. The summed E-state index contributed by atoms with van der Waals surface area (Å²) in [6.07, 6.45) is 4.19. The summed E-state index contributed by atoms with van der Waals surface area (Å²) in [6.45, 7) is 0. The van der Waals surface area contributed by atoms with Gasteiger partial charge in [0.05, 0.1) is 18.0 Å². The summed E-state index contributed by atoms with van der Waals surface area (Å²) in [6, 6.07) is 1.87. The first-order chi connectivity index (χ1) is 5.24. The Morgan fingerprint density at radius 1 is 1.55 bits per heavy atom. The van der Waals surface area contributed by atoms with E-state index in [1.165, 1.54) is 18.6 Å². The smallest absolute Gasteiger partial charge is 0.342 e. The zero-order valence-electron chi connectivity index (χ0n) is 5.81. The molecule has 0 amide bonds. The Morgan fingerprint density at radius 2 is 2.09 bits per heavy atom. The van der Waals surface area contributed by atoms with Crippen LogP contribution in [0, 0.1) is 11.3 Å². The third-order valence-corrected chi connectivity index (χ3v) is 1.74. The van der Waals surface area contributed by atoms with Crippen molar-refractivity contribution < 1.29 is 4.55 Å². The van der Waals surface area contributed by atoms with Gasteiger partial charge >= 0.3 is 5.16 Å². The molecule has 0 fully saturated rings. The minimum absolute atomic E-state index is 0.254. The molecule has 0 saturated carbocycles. The van der Waals surface area contributed by atoms with Crippen molar-refractivity contribution in [1.29, 1.82) is 5.26 Å². The average Bonchev–Trinajstić information content (AvgIpc) is 2.05. The summed E-state index contributed by atoms with van der Waals surface area (Å²) in [5.74, 6) is 0. The second kappa shape index (κ2) is 3.32. The molecule has 0 bridgehead atoms. The molecule has 0 aromatic carbocycles. The molecule has 0 radical (unpaired) electrons. The molecule has 1 aromatic heterocycles. The molecule has 0 saturated heterocycles.